The predicted octanol–water partition coefficient (Wildman–Crippen LogP) is 2.93. The Kier molecular flexibility index (Phi) is 15.7. The van der Waals surface area contributed by atoms with Gasteiger partial charge in [-0.2, -0.15) is 0 Å². The summed E-state index contributed by atoms with van der Waals surface area (Å²) in [6, 6.07) is 8.43. The Hall–Kier alpha value is -4.52. The first-order valence-corrected chi connectivity index (χ1v) is 17.2. The van der Waals surface area contributed by atoms with Crippen molar-refractivity contribution >= 4 is 23.6 Å². The molecule has 3 N–H and O–H groups in total. The van der Waals surface area contributed by atoms with E-state index in [0.29, 0.717) is 68.4 Å². The molecule has 0 saturated carbocycles. The van der Waals surface area contributed by atoms with Crippen LogP contribution in [0.1, 0.15) is 57.6 Å². The van der Waals surface area contributed by atoms with Gasteiger partial charge in [0.1, 0.15) is 23.9 Å². The topological polar surface area (TPSA) is 148 Å². The molecule has 13 nitrogen and oxygen atoms in total. The van der Waals surface area contributed by atoms with Crippen molar-refractivity contribution in [1.29, 1.82) is 0 Å². The molecular formula is C37H55N5O8. The first kappa shape index (κ1) is 39.9. The van der Waals surface area contributed by atoms with E-state index in [9.17, 15) is 19.2 Å². The molecule has 3 atom stereocenters. The number of nitrogens with zero attached hydrogens (tertiary/aromatic N) is 2. The largest absolute Gasteiger partial charge is 0.497 e. The first-order valence-electron chi connectivity index (χ1n) is 17.2. The van der Waals surface area contributed by atoms with Crippen LogP contribution < -0.4 is 34.9 Å². The highest BCUT2D eigenvalue weighted by molar-refractivity contribution is 5.94. The van der Waals surface area contributed by atoms with Crippen LogP contribution in [0.3, 0.4) is 0 Å². The van der Waals surface area contributed by atoms with E-state index in [1.54, 1.807) is 54.5 Å². The Morgan fingerprint density at radius 2 is 1.44 bits per heavy atom. The summed E-state index contributed by atoms with van der Waals surface area (Å²) in [7, 11) is 7.82. The van der Waals surface area contributed by atoms with Crippen LogP contribution in [0.25, 0.3) is 0 Å². The second kappa shape index (κ2) is 19.6. The molecule has 0 bridgehead atoms. The molecule has 0 spiro atoms. The third kappa shape index (κ3) is 11.5. The molecule has 0 radical (unpaired) electrons. The number of rotatable bonds is 10. The summed E-state index contributed by atoms with van der Waals surface area (Å²) >= 11 is 0. The molecule has 0 unspecified atom stereocenters. The van der Waals surface area contributed by atoms with Crippen LogP contribution in [0.2, 0.25) is 0 Å². The van der Waals surface area contributed by atoms with E-state index < -0.39 is 29.9 Å². The van der Waals surface area contributed by atoms with Gasteiger partial charge in [-0.05, 0) is 74.0 Å². The van der Waals surface area contributed by atoms with Gasteiger partial charge in [0.05, 0.1) is 28.4 Å². The molecule has 2 aromatic rings. The van der Waals surface area contributed by atoms with E-state index in [0.717, 1.165) is 11.1 Å². The molecule has 1 aliphatic rings. The van der Waals surface area contributed by atoms with Crippen LogP contribution in [0.4, 0.5) is 0 Å². The van der Waals surface area contributed by atoms with Gasteiger partial charge < -0.3 is 39.8 Å². The maximum absolute atomic E-state index is 13.9. The number of benzene rings is 2. The van der Waals surface area contributed by atoms with Crippen molar-refractivity contribution in [2.24, 2.45) is 5.92 Å². The average Bonchev–Trinajstić information content (AvgIpc) is 3.10. The summed E-state index contributed by atoms with van der Waals surface area (Å²) in [4.78, 5) is 57.7. The summed E-state index contributed by atoms with van der Waals surface area (Å²) in [5.41, 5.74) is 1.74. The van der Waals surface area contributed by atoms with Crippen LogP contribution in [-0.2, 0) is 32.1 Å². The molecule has 276 valence electrons. The highest BCUT2D eigenvalue weighted by Crippen LogP contribution is 2.38. The molecule has 13 heteroatoms. The highest BCUT2D eigenvalue weighted by atomic mass is 16.5. The van der Waals surface area contributed by atoms with Crippen molar-refractivity contribution in [3.63, 3.8) is 0 Å². The van der Waals surface area contributed by atoms with Gasteiger partial charge in [-0.25, -0.2) is 0 Å². The third-order valence-electron chi connectivity index (χ3n) is 8.84. The van der Waals surface area contributed by atoms with Crippen molar-refractivity contribution < 1.29 is 38.1 Å². The minimum atomic E-state index is -0.967. The first-order chi connectivity index (χ1) is 23.9. The van der Waals surface area contributed by atoms with Crippen molar-refractivity contribution in [3.8, 4) is 23.0 Å². The van der Waals surface area contributed by atoms with Crippen molar-refractivity contribution in [1.82, 2.24) is 25.8 Å². The zero-order valence-corrected chi connectivity index (χ0v) is 30.8. The monoisotopic (exact) mass is 697 g/mol. The number of amides is 4. The van der Waals surface area contributed by atoms with E-state index in [4.69, 9.17) is 18.9 Å². The molecule has 1 saturated heterocycles. The number of hydrogen-bond donors (Lipinski definition) is 3. The van der Waals surface area contributed by atoms with Crippen molar-refractivity contribution in [2.45, 2.75) is 77.5 Å². The standard InChI is InChI=1S/C37H55N5O8/c1-24(2)19-29-36(45)40-30(20-26-12-14-28(47-5)15-13-26)37(46)41(4)25(3)35(44)38-16-10-18-42(17-9-11-33(43)39-29)23-27-21-31(48-6)34(50-8)32(22-27)49-7/h12-15,21-22,24-25,29-30H,9-11,16-20,23H2,1-8H3,(H,38,44)(H,39,43)(H,40,45)/t25-,29+,30-/m0/s1. The fraction of sp³-hybridized carbons (Fsp3) is 0.568. The Labute approximate surface area is 296 Å². The van der Waals surface area contributed by atoms with Gasteiger partial charge >= 0.3 is 0 Å². The number of hydrogen-bond acceptors (Lipinski definition) is 9. The maximum atomic E-state index is 13.9. The molecule has 0 aliphatic carbocycles. The molecular weight excluding hydrogens is 642 g/mol. The van der Waals surface area contributed by atoms with Gasteiger partial charge in [-0.15, -0.1) is 0 Å². The van der Waals surface area contributed by atoms with Crippen LogP contribution in [0, 0.1) is 5.92 Å². The molecule has 3 rings (SSSR count). The number of carbonyl (C=O) groups is 4. The summed E-state index contributed by atoms with van der Waals surface area (Å²) in [5, 5.41) is 8.80. The molecule has 50 heavy (non-hydrogen) atoms. The Bertz CT molecular complexity index is 1410. The summed E-state index contributed by atoms with van der Waals surface area (Å²) < 4.78 is 21.8. The van der Waals surface area contributed by atoms with Gasteiger partial charge in [0.15, 0.2) is 11.5 Å². The van der Waals surface area contributed by atoms with Crippen LogP contribution in [0.15, 0.2) is 36.4 Å². The number of carbonyl (C=O) groups excluding carboxylic acids is 4. The molecule has 1 fully saturated rings. The third-order valence-corrected chi connectivity index (χ3v) is 8.84. The predicted molar refractivity (Wildman–Crippen MR) is 190 cm³/mol. The lowest BCUT2D eigenvalue weighted by Crippen LogP contribution is -2.57. The van der Waals surface area contributed by atoms with Crippen LogP contribution in [-0.4, -0.2) is 107 Å². The summed E-state index contributed by atoms with van der Waals surface area (Å²) in [6.45, 7) is 7.76. The summed E-state index contributed by atoms with van der Waals surface area (Å²) in [5.74, 6) is 0.959. The van der Waals surface area contributed by atoms with Gasteiger partial charge in [0, 0.05) is 39.5 Å². The van der Waals surface area contributed by atoms with E-state index in [2.05, 4.69) is 20.9 Å². The lowest BCUT2D eigenvalue weighted by molar-refractivity contribution is -0.141. The fourth-order valence-corrected chi connectivity index (χ4v) is 5.93. The molecule has 0 aromatic heterocycles. The lowest BCUT2D eigenvalue weighted by Gasteiger charge is -2.30. The zero-order chi connectivity index (χ0) is 36.8. The smallest absolute Gasteiger partial charge is 0.245 e. The molecule has 4 amide bonds. The van der Waals surface area contributed by atoms with Crippen LogP contribution in [0.5, 0.6) is 23.0 Å². The van der Waals surface area contributed by atoms with E-state index >= 15 is 0 Å². The van der Waals surface area contributed by atoms with Crippen LogP contribution >= 0.6 is 0 Å². The molecule has 1 aliphatic heterocycles. The highest BCUT2D eigenvalue weighted by Gasteiger charge is 2.32. The minimum Gasteiger partial charge on any atom is -0.497 e. The quantitative estimate of drug-likeness (QED) is 0.341. The normalized spacial score (nSPS) is 20.7. The molecule has 1 heterocycles. The van der Waals surface area contributed by atoms with E-state index in [-0.39, 0.29) is 30.6 Å². The maximum Gasteiger partial charge on any atom is 0.245 e. The SMILES string of the molecule is COc1ccc(C[C@@H]2NC(=O)[C@@H](CC(C)C)NC(=O)CCCN(Cc3cc(OC)c(OC)c(OC)c3)CCCNC(=O)[C@H](C)N(C)C2=O)cc1. The van der Waals surface area contributed by atoms with Crippen molar-refractivity contribution in [2.75, 3.05) is 55.1 Å². The Morgan fingerprint density at radius 1 is 0.800 bits per heavy atom. The Balaban J connectivity index is 1.86. The second-order valence-electron chi connectivity index (χ2n) is 13.0. The number of likely N-dealkylation sites (N-methyl/N-ethyl adjacent to an activating group) is 1. The lowest BCUT2D eigenvalue weighted by atomic mass is 10.00. The van der Waals surface area contributed by atoms with E-state index in [1.807, 2.05) is 38.1 Å². The van der Waals surface area contributed by atoms with Gasteiger partial charge in [0.2, 0.25) is 29.4 Å². The second-order valence-corrected chi connectivity index (χ2v) is 13.0. The Morgan fingerprint density at radius 3 is 2.02 bits per heavy atom. The van der Waals surface area contributed by atoms with Gasteiger partial charge in [0.25, 0.3) is 0 Å². The van der Waals surface area contributed by atoms with E-state index in [1.165, 1.54) is 4.90 Å². The number of methoxy groups -OCH3 is 4. The van der Waals surface area contributed by atoms with Crippen molar-refractivity contribution in [3.05, 3.63) is 47.5 Å². The molecule has 2 aromatic carbocycles. The minimum absolute atomic E-state index is 0.0972. The fourth-order valence-electron chi connectivity index (χ4n) is 5.93. The number of ether oxygens (including phenoxy) is 4. The number of nitrogens with one attached hydrogen (secondary N) is 3. The van der Waals surface area contributed by atoms with Gasteiger partial charge in [-0.1, -0.05) is 26.0 Å². The average molecular weight is 698 g/mol. The van der Waals surface area contributed by atoms with Gasteiger partial charge in [-0.3, -0.25) is 24.1 Å². The summed E-state index contributed by atoms with van der Waals surface area (Å²) in [6.07, 6.45) is 1.97. The zero-order valence-electron chi connectivity index (χ0n) is 30.8.